The minimum atomic E-state index is -1.19. The first-order chi connectivity index (χ1) is 15.2. The predicted octanol–water partition coefficient (Wildman–Crippen LogP) is 5.36. The van der Waals surface area contributed by atoms with Gasteiger partial charge in [0.25, 0.3) is 0 Å². The van der Waals surface area contributed by atoms with Gasteiger partial charge >= 0.3 is 23.9 Å². The Kier molecular flexibility index (Phi) is 22.7. The zero-order valence-corrected chi connectivity index (χ0v) is 19.5. The Morgan fingerprint density at radius 3 is 1.62 bits per heavy atom. The third kappa shape index (κ3) is 25.4. The summed E-state index contributed by atoms with van der Waals surface area (Å²) in [5, 5.41) is 25.5. The summed E-state index contributed by atoms with van der Waals surface area (Å²) in [4.78, 5) is 42.0. The number of aliphatic carboxylic acids is 3. The van der Waals surface area contributed by atoms with E-state index in [0.29, 0.717) is 13.0 Å². The molecule has 0 aliphatic carbocycles. The molecule has 0 radical (unpaired) electrons. The molecule has 0 aliphatic rings. The summed E-state index contributed by atoms with van der Waals surface area (Å²) >= 11 is 0. The van der Waals surface area contributed by atoms with Crippen molar-refractivity contribution in [1.82, 2.24) is 0 Å². The van der Waals surface area contributed by atoms with Gasteiger partial charge in [0.2, 0.25) is 0 Å². The fraction of sp³-hybridized carbons (Fsp3) is 0.667. The van der Waals surface area contributed by atoms with E-state index in [4.69, 9.17) is 20.1 Å². The Hall–Kier alpha value is -2.64. The zero-order valence-electron chi connectivity index (χ0n) is 19.5. The van der Waals surface area contributed by atoms with Crippen molar-refractivity contribution in [3.63, 3.8) is 0 Å². The number of carbonyl (C=O) groups excluding carboxylic acids is 1. The quantitative estimate of drug-likeness (QED) is 0.142. The maximum atomic E-state index is 10.9. The lowest BCUT2D eigenvalue weighted by molar-refractivity contribution is -0.138. The third-order valence-electron chi connectivity index (χ3n) is 4.48. The van der Waals surface area contributed by atoms with Gasteiger partial charge in [-0.15, -0.1) is 0 Å². The second-order valence-electron chi connectivity index (χ2n) is 7.44. The van der Waals surface area contributed by atoms with E-state index in [2.05, 4.69) is 13.8 Å². The van der Waals surface area contributed by atoms with E-state index in [0.717, 1.165) is 56.8 Å². The van der Waals surface area contributed by atoms with Gasteiger partial charge < -0.3 is 20.1 Å². The summed E-state index contributed by atoms with van der Waals surface area (Å²) in [6.45, 7) is 4.67. The largest absolute Gasteiger partial charge is 0.478 e. The molecular weight excluding hydrogens is 416 g/mol. The number of ether oxygens (including phenoxy) is 1. The monoisotopic (exact) mass is 456 g/mol. The first-order valence-electron chi connectivity index (χ1n) is 11.5. The molecule has 8 heteroatoms. The summed E-state index contributed by atoms with van der Waals surface area (Å²) in [5.41, 5.74) is -0.0111. The van der Waals surface area contributed by atoms with Gasteiger partial charge in [0.15, 0.2) is 0 Å². The number of esters is 1. The van der Waals surface area contributed by atoms with Crippen molar-refractivity contribution in [2.24, 2.45) is 0 Å². The Labute approximate surface area is 191 Å². The highest BCUT2D eigenvalue weighted by Crippen LogP contribution is 2.12. The molecule has 8 nitrogen and oxygen atoms in total. The molecule has 0 saturated carbocycles. The van der Waals surface area contributed by atoms with Crippen LogP contribution in [0.2, 0.25) is 0 Å². The van der Waals surface area contributed by atoms with Crippen LogP contribution in [0.4, 0.5) is 0 Å². The number of carboxylic acid groups (broad SMARTS) is 3. The average molecular weight is 457 g/mol. The predicted molar refractivity (Wildman–Crippen MR) is 122 cm³/mol. The molecule has 0 bridgehead atoms. The average Bonchev–Trinajstić information content (AvgIpc) is 2.73. The maximum absolute atomic E-state index is 10.9. The van der Waals surface area contributed by atoms with E-state index in [9.17, 15) is 19.2 Å². The molecule has 0 amide bonds. The molecule has 0 atom stereocenters. The summed E-state index contributed by atoms with van der Waals surface area (Å²) in [7, 11) is 0. The van der Waals surface area contributed by atoms with Crippen molar-refractivity contribution < 1.29 is 39.2 Å². The SMILES string of the molecule is CCCCCCCC/C(=C/C(=O)O)C(=O)O.CCCCCCCCOC(=O)/C=C\C(=O)O. The summed E-state index contributed by atoms with van der Waals surface area (Å²) in [6.07, 6.45) is 15.9. The van der Waals surface area contributed by atoms with E-state index in [1.807, 2.05) is 0 Å². The van der Waals surface area contributed by atoms with Crippen LogP contribution in [0.5, 0.6) is 0 Å². The van der Waals surface area contributed by atoms with Crippen LogP contribution in [0.1, 0.15) is 97.3 Å². The molecule has 0 aromatic carbocycles. The normalized spacial score (nSPS) is 11.0. The molecule has 0 aromatic rings. The van der Waals surface area contributed by atoms with Crippen molar-refractivity contribution in [2.45, 2.75) is 97.3 Å². The number of hydrogen-bond donors (Lipinski definition) is 3. The van der Waals surface area contributed by atoms with Gasteiger partial charge in [-0.1, -0.05) is 78.1 Å². The number of carbonyl (C=O) groups is 4. The van der Waals surface area contributed by atoms with Gasteiger partial charge in [-0.25, -0.2) is 19.2 Å². The molecule has 0 saturated heterocycles. The highest BCUT2D eigenvalue weighted by atomic mass is 16.5. The van der Waals surface area contributed by atoms with Crippen LogP contribution < -0.4 is 0 Å². The Balaban J connectivity index is 0. The standard InChI is InChI=1S/2C12H20O4/c1-2-3-4-5-6-7-10-16-12(15)9-8-11(13)14;1-2-3-4-5-6-7-8-10(12(15)16)9-11(13)14/h8-9H,2-7,10H2,1H3,(H,13,14);9H,2-8H2,1H3,(H,13,14)(H,15,16)/b9-8-;10-9-. The number of unbranched alkanes of at least 4 members (excludes halogenated alkanes) is 10. The fourth-order valence-corrected chi connectivity index (χ4v) is 2.73. The van der Waals surface area contributed by atoms with Gasteiger partial charge in [-0.2, -0.15) is 0 Å². The minimum Gasteiger partial charge on any atom is -0.478 e. The number of carboxylic acids is 3. The summed E-state index contributed by atoms with van der Waals surface area (Å²) in [6, 6.07) is 0. The first-order valence-corrected chi connectivity index (χ1v) is 11.5. The van der Waals surface area contributed by atoms with Crippen molar-refractivity contribution in [1.29, 1.82) is 0 Å². The highest BCUT2D eigenvalue weighted by Gasteiger charge is 2.08. The van der Waals surface area contributed by atoms with Crippen molar-refractivity contribution in [3.05, 3.63) is 23.8 Å². The van der Waals surface area contributed by atoms with E-state index < -0.39 is 23.9 Å². The van der Waals surface area contributed by atoms with Crippen LogP contribution >= 0.6 is 0 Å². The molecule has 0 fully saturated rings. The molecule has 0 rings (SSSR count). The molecule has 0 aromatic heterocycles. The topological polar surface area (TPSA) is 138 Å². The Morgan fingerprint density at radius 1 is 0.656 bits per heavy atom. The number of rotatable bonds is 18. The van der Waals surface area contributed by atoms with E-state index >= 15 is 0 Å². The summed E-state index contributed by atoms with van der Waals surface area (Å²) < 4.78 is 4.81. The fourth-order valence-electron chi connectivity index (χ4n) is 2.73. The molecule has 3 N–H and O–H groups in total. The molecule has 32 heavy (non-hydrogen) atoms. The smallest absolute Gasteiger partial charge is 0.331 e. The van der Waals surface area contributed by atoms with Crippen molar-refractivity contribution in [3.8, 4) is 0 Å². The molecule has 0 spiro atoms. The minimum absolute atomic E-state index is 0.0111. The van der Waals surface area contributed by atoms with Crippen LogP contribution in [0.15, 0.2) is 23.8 Å². The van der Waals surface area contributed by atoms with Crippen LogP contribution in [0.25, 0.3) is 0 Å². The van der Waals surface area contributed by atoms with E-state index in [1.54, 1.807) is 0 Å². The molecule has 0 aliphatic heterocycles. The lowest BCUT2D eigenvalue weighted by atomic mass is 10.0. The van der Waals surface area contributed by atoms with Crippen molar-refractivity contribution in [2.75, 3.05) is 6.61 Å². The second-order valence-corrected chi connectivity index (χ2v) is 7.44. The van der Waals surface area contributed by atoms with Gasteiger partial charge in [0.1, 0.15) is 0 Å². The van der Waals surface area contributed by atoms with Gasteiger partial charge in [0.05, 0.1) is 6.61 Å². The van der Waals surface area contributed by atoms with Gasteiger partial charge in [-0.3, -0.25) is 0 Å². The molecule has 0 heterocycles. The van der Waals surface area contributed by atoms with E-state index in [-0.39, 0.29) is 5.57 Å². The molecule has 0 unspecified atom stereocenters. The molecular formula is C24H40O8. The van der Waals surface area contributed by atoms with E-state index in [1.165, 1.54) is 38.5 Å². The Morgan fingerprint density at radius 2 is 1.16 bits per heavy atom. The highest BCUT2D eigenvalue weighted by molar-refractivity contribution is 5.94. The molecule has 184 valence electrons. The van der Waals surface area contributed by atoms with Crippen LogP contribution in [-0.2, 0) is 23.9 Å². The lowest BCUT2D eigenvalue weighted by Crippen LogP contribution is -2.04. The first kappa shape index (κ1) is 31.5. The van der Waals surface area contributed by atoms with Gasteiger partial charge in [-0.05, 0) is 19.3 Å². The third-order valence-corrected chi connectivity index (χ3v) is 4.48. The van der Waals surface area contributed by atoms with Crippen LogP contribution in [-0.4, -0.2) is 45.8 Å². The Bertz CT molecular complexity index is 591. The lowest BCUT2D eigenvalue weighted by Gasteiger charge is -2.01. The van der Waals surface area contributed by atoms with Crippen LogP contribution in [0, 0.1) is 0 Å². The summed E-state index contributed by atoms with van der Waals surface area (Å²) in [5.74, 6) is -4.05. The maximum Gasteiger partial charge on any atom is 0.331 e. The van der Waals surface area contributed by atoms with Crippen LogP contribution in [0.3, 0.4) is 0 Å². The zero-order chi connectivity index (χ0) is 24.6. The van der Waals surface area contributed by atoms with Crippen molar-refractivity contribution >= 4 is 23.9 Å². The van der Waals surface area contributed by atoms with Gasteiger partial charge in [0, 0.05) is 23.8 Å². The second kappa shape index (κ2) is 23.0. The number of hydrogen-bond acceptors (Lipinski definition) is 5.